The Balaban J connectivity index is 1.91. The first-order valence-electron chi connectivity index (χ1n) is 8.88. The summed E-state index contributed by atoms with van der Waals surface area (Å²) in [6.07, 6.45) is 4.10. The molecule has 0 radical (unpaired) electrons. The third-order valence-electron chi connectivity index (χ3n) is 4.02. The molecule has 2 aromatic heterocycles. The minimum Gasteiger partial charge on any atom is -0.463 e. The number of para-hydroxylation sites is 1. The quantitative estimate of drug-likeness (QED) is 0.368. The van der Waals surface area contributed by atoms with E-state index < -0.39 is 22.8 Å². The van der Waals surface area contributed by atoms with Crippen molar-refractivity contribution in [3.8, 4) is 0 Å². The minimum absolute atomic E-state index is 0.0736. The van der Waals surface area contributed by atoms with Crippen LogP contribution in [0.25, 0.3) is 5.78 Å². The van der Waals surface area contributed by atoms with E-state index in [1.807, 2.05) is 0 Å². The lowest BCUT2D eigenvalue weighted by atomic mass is 10.0. The monoisotopic (exact) mass is 397 g/mol. The Morgan fingerprint density at radius 3 is 2.72 bits per heavy atom. The number of fused-ring (bicyclic) bond motifs is 1. The molecule has 1 amide bonds. The van der Waals surface area contributed by atoms with E-state index in [2.05, 4.69) is 15.3 Å². The van der Waals surface area contributed by atoms with Crippen molar-refractivity contribution < 1.29 is 19.2 Å². The zero-order valence-electron chi connectivity index (χ0n) is 15.8. The Morgan fingerprint density at radius 1 is 1.28 bits per heavy atom. The highest BCUT2D eigenvalue weighted by Gasteiger charge is 2.27. The van der Waals surface area contributed by atoms with Crippen molar-refractivity contribution in [1.29, 1.82) is 0 Å². The number of ether oxygens (including phenoxy) is 1. The highest BCUT2D eigenvalue weighted by atomic mass is 16.6. The molecule has 10 nitrogen and oxygen atoms in total. The zero-order chi connectivity index (χ0) is 21.0. The SMILES string of the molecule is CC(C)OC(=O)C[C@H](NC(=O)c1cn2cccnc2n1)c1ccccc1[N+](=O)[O-]. The first kappa shape index (κ1) is 19.9. The van der Waals surface area contributed by atoms with Gasteiger partial charge in [-0.15, -0.1) is 0 Å². The van der Waals surface area contributed by atoms with E-state index in [0.29, 0.717) is 5.78 Å². The van der Waals surface area contributed by atoms with Gasteiger partial charge in [-0.05, 0) is 19.9 Å². The summed E-state index contributed by atoms with van der Waals surface area (Å²) in [6.45, 7) is 3.39. The third kappa shape index (κ3) is 4.72. The fourth-order valence-electron chi connectivity index (χ4n) is 2.84. The summed E-state index contributed by atoms with van der Waals surface area (Å²) in [5.41, 5.74) is 0.0739. The molecular weight excluding hydrogens is 378 g/mol. The number of rotatable bonds is 7. The molecule has 0 saturated carbocycles. The number of hydrogen-bond acceptors (Lipinski definition) is 7. The Bertz CT molecular complexity index is 1030. The van der Waals surface area contributed by atoms with Gasteiger partial charge < -0.3 is 10.1 Å². The summed E-state index contributed by atoms with van der Waals surface area (Å²) in [5.74, 6) is -0.838. The number of nitro groups is 1. The maximum atomic E-state index is 12.7. The number of amides is 1. The van der Waals surface area contributed by atoms with Gasteiger partial charge in [-0.1, -0.05) is 18.2 Å². The largest absolute Gasteiger partial charge is 0.463 e. The lowest BCUT2D eigenvalue weighted by molar-refractivity contribution is -0.385. The molecule has 0 fully saturated rings. The van der Waals surface area contributed by atoms with E-state index in [9.17, 15) is 19.7 Å². The first-order valence-corrected chi connectivity index (χ1v) is 8.88. The standard InChI is InChI=1S/C19H19N5O5/c1-12(2)29-17(25)10-14(13-6-3-4-7-16(13)24(27)28)21-18(26)15-11-23-9-5-8-20-19(23)22-15/h3-9,11-12,14H,10H2,1-2H3,(H,21,26)/t14-/m0/s1. The number of nitro benzene ring substituents is 1. The van der Waals surface area contributed by atoms with Gasteiger partial charge in [0.25, 0.3) is 11.6 Å². The van der Waals surface area contributed by atoms with Crippen LogP contribution >= 0.6 is 0 Å². The summed E-state index contributed by atoms with van der Waals surface area (Å²) in [7, 11) is 0. The molecule has 3 rings (SSSR count). The molecule has 0 bridgehead atoms. The van der Waals surface area contributed by atoms with E-state index in [4.69, 9.17) is 4.74 Å². The number of carbonyl (C=O) groups is 2. The molecule has 0 saturated heterocycles. The van der Waals surface area contributed by atoms with Crippen LogP contribution in [0.3, 0.4) is 0 Å². The molecule has 0 spiro atoms. The van der Waals surface area contributed by atoms with Crippen molar-refractivity contribution in [2.45, 2.75) is 32.4 Å². The van der Waals surface area contributed by atoms with Gasteiger partial charge in [-0.3, -0.25) is 24.1 Å². The summed E-state index contributed by atoms with van der Waals surface area (Å²) >= 11 is 0. The Morgan fingerprint density at radius 2 is 2.03 bits per heavy atom. The molecule has 0 unspecified atom stereocenters. The molecule has 1 N–H and O–H groups in total. The maximum absolute atomic E-state index is 12.7. The van der Waals surface area contributed by atoms with Crippen LogP contribution in [0.4, 0.5) is 5.69 Å². The number of aromatic nitrogens is 3. The summed E-state index contributed by atoms with van der Waals surface area (Å²) in [6, 6.07) is 6.65. The molecular formula is C19H19N5O5. The molecule has 10 heteroatoms. The number of carbonyl (C=O) groups excluding carboxylic acids is 2. The van der Waals surface area contributed by atoms with Gasteiger partial charge >= 0.3 is 5.97 Å². The minimum atomic E-state index is -0.965. The second-order valence-electron chi connectivity index (χ2n) is 6.54. The van der Waals surface area contributed by atoms with Gasteiger partial charge in [0, 0.05) is 24.7 Å². The molecule has 150 valence electrons. The van der Waals surface area contributed by atoms with Crippen LogP contribution in [0.2, 0.25) is 0 Å². The van der Waals surface area contributed by atoms with Crippen molar-refractivity contribution in [3.05, 3.63) is 70.3 Å². The second kappa shape index (κ2) is 8.46. The molecule has 29 heavy (non-hydrogen) atoms. The first-order chi connectivity index (χ1) is 13.8. The third-order valence-corrected chi connectivity index (χ3v) is 4.02. The molecule has 0 aliphatic carbocycles. The molecule has 1 atom stereocenters. The average Bonchev–Trinajstić information content (AvgIpc) is 3.11. The number of hydrogen-bond donors (Lipinski definition) is 1. The highest BCUT2D eigenvalue weighted by Crippen LogP contribution is 2.28. The number of imidazole rings is 1. The topological polar surface area (TPSA) is 129 Å². The van der Waals surface area contributed by atoms with Crippen LogP contribution in [0.1, 0.15) is 42.4 Å². The van der Waals surface area contributed by atoms with Crippen molar-refractivity contribution in [2.75, 3.05) is 0 Å². The fourth-order valence-corrected chi connectivity index (χ4v) is 2.84. The van der Waals surface area contributed by atoms with E-state index >= 15 is 0 Å². The van der Waals surface area contributed by atoms with Crippen LogP contribution in [0.5, 0.6) is 0 Å². The van der Waals surface area contributed by atoms with Gasteiger partial charge in [0.05, 0.1) is 29.1 Å². The average molecular weight is 397 g/mol. The number of esters is 1. The number of benzene rings is 1. The Labute approximate surface area is 165 Å². The summed E-state index contributed by atoms with van der Waals surface area (Å²) in [5, 5.41) is 14.1. The molecule has 2 heterocycles. The van der Waals surface area contributed by atoms with Crippen molar-refractivity contribution in [2.24, 2.45) is 0 Å². The van der Waals surface area contributed by atoms with E-state index in [1.165, 1.54) is 24.4 Å². The van der Waals surface area contributed by atoms with Gasteiger partial charge in [0.15, 0.2) is 0 Å². The van der Waals surface area contributed by atoms with E-state index in [1.54, 1.807) is 42.8 Å². The van der Waals surface area contributed by atoms with Crippen LogP contribution < -0.4 is 5.32 Å². The van der Waals surface area contributed by atoms with Crippen LogP contribution in [-0.2, 0) is 9.53 Å². The van der Waals surface area contributed by atoms with E-state index in [0.717, 1.165) is 0 Å². The Kier molecular flexibility index (Phi) is 5.82. The van der Waals surface area contributed by atoms with Crippen molar-refractivity contribution in [3.63, 3.8) is 0 Å². The normalized spacial score (nSPS) is 12.0. The number of nitrogens with one attached hydrogen (secondary N) is 1. The smallest absolute Gasteiger partial charge is 0.308 e. The molecule has 1 aromatic carbocycles. The number of nitrogens with zero attached hydrogens (tertiary/aromatic N) is 4. The summed E-state index contributed by atoms with van der Waals surface area (Å²) < 4.78 is 6.72. The zero-order valence-corrected chi connectivity index (χ0v) is 15.8. The van der Waals surface area contributed by atoms with Crippen LogP contribution in [0, 0.1) is 10.1 Å². The maximum Gasteiger partial charge on any atom is 0.308 e. The second-order valence-corrected chi connectivity index (χ2v) is 6.54. The van der Waals surface area contributed by atoms with Crippen molar-refractivity contribution in [1.82, 2.24) is 19.7 Å². The highest BCUT2D eigenvalue weighted by molar-refractivity contribution is 5.93. The predicted molar refractivity (Wildman–Crippen MR) is 102 cm³/mol. The molecule has 0 aliphatic heterocycles. The summed E-state index contributed by atoms with van der Waals surface area (Å²) in [4.78, 5) is 44.0. The lowest BCUT2D eigenvalue weighted by Crippen LogP contribution is -2.31. The van der Waals surface area contributed by atoms with Gasteiger partial charge in [-0.25, -0.2) is 9.97 Å². The van der Waals surface area contributed by atoms with Crippen molar-refractivity contribution >= 4 is 23.3 Å². The van der Waals surface area contributed by atoms with E-state index in [-0.39, 0.29) is 29.5 Å². The van der Waals surface area contributed by atoms with Crippen LogP contribution in [-0.4, -0.2) is 37.3 Å². The lowest BCUT2D eigenvalue weighted by Gasteiger charge is -2.19. The molecule has 3 aromatic rings. The van der Waals surface area contributed by atoms with Crippen LogP contribution in [0.15, 0.2) is 48.9 Å². The predicted octanol–water partition coefficient (Wildman–Crippen LogP) is 2.45. The van der Waals surface area contributed by atoms with Gasteiger partial charge in [-0.2, -0.15) is 0 Å². The fraction of sp³-hybridized carbons (Fsp3) is 0.263. The molecule has 0 aliphatic rings. The Hall–Kier alpha value is -3.82. The van der Waals surface area contributed by atoms with Gasteiger partial charge in [0.2, 0.25) is 5.78 Å². The van der Waals surface area contributed by atoms with Gasteiger partial charge in [0.1, 0.15) is 5.69 Å².